The molecule has 8 heteroatoms. The van der Waals surface area contributed by atoms with Crippen molar-refractivity contribution in [3.8, 4) is 0 Å². The highest BCUT2D eigenvalue weighted by Crippen LogP contribution is 1.99. The van der Waals surface area contributed by atoms with Crippen LogP contribution in [0.25, 0.3) is 0 Å². The highest BCUT2D eigenvalue weighted by Gasteiger charge is 2.09. The van der Waals surface area contributed by atoms with Crippen molar-refractivity contribution in [1.29, 1.82) is 0 Å². The highest BCUT2D eigenvalue weighted by molar-refractivity contribution is 7.80. The zero-order valence-corrected chi connectivity index (χ0v) is 13.1. The summed E-state index contributed by atoms with van der Waals surface area (Å²) in [6, 6.07) is 5.55. The van der Waals surface area contributed by atoms with Crippen LogP contribution in [-0.4, -0.2) is 33.6 Å². The number of nitrogens with zero attached hydrogens (tertiary/aromatic N) is 3. The predicted octanol–water partition coefficient (Wildman–Crippen LogP) is 1.19. The zero-order valence-electron chi connectivity index (χ0n) is 11.5. The van der Waals surface area contributed by atoms with E-state index in [1.165, 1.54) is 0 Å². The summed E-state index contributed by atoms with van der Waals surface area (Å²) in [4.78, 5) is 4.83. The summed E-state index contributed by atoms with van der Waals surface area (Å²) >= 11 is 9.91. The maximum absolute atomic E-state index is 4.99. The van der Waals surface area contributed by atoms with Gasteiger partial charge in [-0.1, -0.05) is 18.3 Å². The minimum Gasteiger partial charge on any atom is -0.364 e. The molecule has 1 aromatic heterocycles. The van der Waals surface area contributed by atoms with Crippen LogP contribution < -0.4 is 16.2 Å². The van der Waals surface area contributed by atoms with Crippen molar-refractivity contribution in [3.63, 3.8) is 0 Å². The molecule has 0 fully saturated rings. The van der Waals surface area contributed by atoms with Crippen LogP contribution in [0.4, 0.5) is 0 Å². The second kappa shape index (κ2) is 8.28. The first-order chi connectivity index (χ1) is 9.54. The zero-order chi connectivity index (χ0) is 15.0. The molecule has 0 saturated carbocycles. The molecule has 0 saturated heterocycles. The van der Waals surface area contributed by atoms with Crippen molar-refractivity contribution in [3.05, 3.63) is 30.1 Å². The topological polar surface area (TPSA) is 73.7 Å². The molecular formula is C12H16N6S2. The van der Waals surface area contributed by atoms with Gasteiger partial charge in [0, 0.05) is 13.2 Å². The number of nitrogens with one attached hydrogen (secondary N) is 3. The second-order valence-electron chi connectivity index (χ2n) is 3.73. The van der Waals surface area contributed by atoms with Gasteiger partial charge in [-0.15, -0.1) is 0 Å². The lowest BCUT2D eigenvalue weighted by Gasteiger charge is -2.07. The maximum Gasteiger partial charge on any atom is 0.186 e. The minimum absolute atomic E-state index is 0.408. The van der Waals surface area contributed by atoms with E-state index in [1.54, 1.807) is 20.2 Å². The number of hydrogen-bond acceptors (Lipinski definition) is 5. The first-order valence-corrected chi connectivity index (χ1v) is 6.64. The third-order valence-electron chi connectivity index (χ3n) is 2.13. The van der Waals surface area contributed by atoms with Gasteiger partial charge in [-0.3, -0.25) is 15.8 Å². The Kier molecular flexibility index (Phi) is 6.68. The lowest BCUT2D eigenvalue weighted by atomic mass is 10.2. The molecular weight excluding hydrogens is 292 g/mol. The van der Waals surface area contributed by atoms with Crippen molar-refractivity contribution < 1.29 is 0 Å². The van der Waals surface area contributed by atoms with Crippen LogP contribution >= 0.6 is 24.4 Å². The smallest absolute Gasteiger partial charge is 0.186 e. The van der Waals surface area contributed by atoms with E-state index in [0.717, 1.165) is 0 Å². The van der Waals surface area contributed by atoms with Gasteiger partial charge in [0.1, 0.15) is 5.71 Å². The van der Waals surface area contributed by atoms with Crippen LogP contribution in [0.2, 0.25) is 0 Å². The van der Waals surface area contributed by atoms with Crippen molar-refractivity contribution in [2.24, 2.45) is 10.2 Å². The molecule has 0 aromatic carbocycles. The minimum atomic E-state index is 0.408. The van der Waals surface area contributed by atoms with Gasteiger partial charge in [-0.05, 0) is 38.2 Å². The van der Waals surface area contributed by atoms with E-state index in [4.69, 9.17) is 24.4 Å². The predicted molar refractivity (Wildman–Crippen MR) is 90.1 cm³/mol. The van der Waals surface area contributed by atoms with Gasteiger partial charge >= 0.3 is 0 Å². The summed E-state index contributed by atoms with van der Waals surface area (Å²) in [7, 11) is 1.71. The molecule has 0 radical (unpaired) electrons. The fourth-order valence-electron chi connectivity index (χ4n) is 1.20. The number of pyridine rings is 1. The Morgan fingerprint density at radius 2 is 1.90 bits per heavy atom. The fraction of sp³-hybridized carbons (Fsp3) is 0.250. The van der Waals surface area contributed by atoms with Gasteiger partial charge in [0.2, 0.25) is 0 Å². The van der Waals surface area contributed by atoms with Gasteiger partial charge in [-0.25, -0.2) is 0 Å². The van der Waals surface area contributed by atoms with Crippen LogP contribution in [0, 0.1) is 0 Å². The lowest BCUT2D eigenvalue weighted by Crippen LogP contribution is -2.31. The van der Waals surface area contributed by atoms with E-state index in [1.807, 2.05) is 25.1 Å². The Hall–Kier alpha value is -1.93. The molecule has 0 aliphatic carbocycles. The average molecular weight is 308 g/mol. The van der Waals surface area contributed by atoms with Crippen molar-refractivity contribution in [1.82, 2.24) is 21.2 Å². The summed E-state index contributed by atoms with van der Waals surface area (Å²) in [6.45, 7) is 3.56. The standard InChI is InChI=1S/C12H16N6S2/c1-8(15-16-9(2)19)11(17-18-12(20)13-3)10-6-4-5-7-14-10/h4-7H,1-3H3,(H,16,19)(H2,13,18,20)/b15-8+,17-11-. The number of thiocarbonyl (C=S) groups is 2. The van der Waals surface area contributed by atoms with Crippen LogP contribution in [-0.2, 0) is 0 Å². The van der Waals surface area contributed by atoms with Gasteiger partial charge < -0.3 is 5.32 Å². The number of hydrazone groups is 2. The monoisotopic (exact) mass is 308 g/mol. The Morgan fingerprint density at radius 3 is 2.45 bits per heavy atom. The summed E-state index contributed by atoms with van der Waals surface area (Å²) in [5, 5.41) is 11.6. The molecule has 106 valence electrons. The van der Waals surface area contributed by atoms with Crippen LogP contribution in [0.3, 0.4) is 0 Å². The Balaban J connectivity index is 3.04. The fourth-order valence-corrected chi connectivity index (χ4v) is 1.30. The first-order valence-electron chi connectivity index (χ1n) is 5.82. The summed E-state index contributed by atoms with van der Waals surface area (Å²) in [5.74, 6) is 0. The van der Waals surface area contributed by atoms with Gasteiger partial charge in [0.15, 0.2) is 5.11 Å². The van der Waals surface area contributed by atoms with Gasteiger partial charge in [0.05, 0.1) is 16.4 Å². The van der Waals surface area contributed by atoms with E-state index >= 15 is 0 Å². The average Bonchev–Trinajstić information content (AvgIpc) is 2.46. The largest absolute Gasteiger partial charge is 0.364 e. The Morgan fingerprint density at radius 1 is 1.15 bits per heavy atom. The molecule has 1 heterocycles. The lowest BCUT2D eigenvalue weighted by molar-refractivity contribution is 0.973. The van der Waals surface area contributed by atoms with Crippen LogP contribution in [0.1, 0.15) is 19.5 Å². The number of rotatable bonds is 4. The normalized spacial score (nSPS) is 11.8. The number of aromatic nitrogens is 1. The molecule has 1 aromatic rings. The SMILES string of the molecule is CNC(=S)N/N=C(/C(C)=N/NC(C)=S)c1ccccn1. The summed E-state index contributed by atoms with van der Waals surface area (Å²) in [6.07, 6.45) is 1.69. The molecule has 0 atom stereocenters. The van der Waals surface area contributed by atoms with Crippen LogP contribution in [0.15, 0.2) is 34.6 Å². The van der Waals surface area contributed by atoms with Crippen molar-refractivity contribution in [2.45, 2.75) is 13.8 Å². The summed E-state index contributed by atoms with van der Waals surface area (Å²) in [5.41, 5.74) is 7.36. The van der Waals surface area contributed by atoms with Crippen LogP contribution in [0.5, 0.6) is 0 Å². The Labute approximate surface area is 128 Å². The quantitative estimate of drug-likeness (QED) is 0.441. The van der Waals surface area contributed by atoms with E-state index in [9.17, 15) is 0 Å². The first kappa shape index (κ1) is 16.1. The second-order valence-corrected chi connectivity index (χ2v) is 4.75. The van der Waals surface area contributed by atoms with E-state index < -0.39 is 0 Å². The third-order valence-corrected chi connectivity index (χ3v) is 2.51. The molecule has 0 spiro atoms. The maximum atomic E-state index is 4.99. The molecule has 0 aliphatic rings. The van der Waals surface area contributed by atoms with Crippen molar-refractivity contribution in [2.75, 3.05) is 7.05 Å². The molecule has 6 nitrogen and oxygen atoms in total. The van der Waals surface area contributed by atoms with E-state index in [2.05, 4.69) is 31.4 Å². The molecule has 0 bridgehead atoms. The molecule has 0 aliphatic heterocycles. The molecule has 3 N–H and O–H groups in total. The Bertz CT molecular complexity index is 538. The van der Waals surface area contributed by atoms with E-state index in [-0.39, 0.29) is 0 Å². The molecule has 0 amide bonds. The highest BCUT2D eigenvalue weighted by atomic mass is 32.1. The molecule has 0 unspecified atom stereocenters. The van der Waals surface area contributed by atoms with Crippen molar-refractivity contribution >= 4 is 46.0 Å². The molecule has 20 heavy (non-hydrogen) atoms. The summed E-state index contributed by atoms with van der Waals surface area (Å²) < 4.78 is 0. The number of hydrogen-bond donors (Lipinski definition) is 3. The van der Waals surface area contributed by atoms with Gasteiger partial charge in [-0.2, -0.15) is 10.2 Å². The van der Waals surface area contributed by atoms with Gasteiger partial charge in [0.25, 0.3) is 0 Å². The molecule has 1 rings (SSSR count). The van der Waals surface area contributed by atoms with E-state index in [0.29, 0.717) is 27.2 Å². The third kappa shape index (κ3) is 5.37.